The lowest BCUT2D eigenvalue weighted by atomic mass is 9.75. The van der Waals surface area contributed by atoms with Crippen LogP contribution in [0.1, 0.15) is 51.4 Å². The van der Waals surface area contributed by atoms with E-state index >= 15 is 0 Å². The van der Waals surface area contributed by atoms with Crippen molar-refractivity contribution in [2.24, 2.45) is 17.2 Å². The minimum Gasteiger partial charge on any atom is -0.390 e. The van der Waals surface area contributed by atoms with E-state index in [1.54, 1.807) is 0 Å². The van der Waals surface area contributed by atoms with Crippen LogP contribution in [0.2, 0.25) is 0 Å². The highest BCUT2D eigenvalue weighted by Gasteiger charge is 2.48. The van der Waals surface area contributed by atoms with E-state index in [9.17, 15) is 15.0 Å². The summed E-state index contributed by atoms with van der Waals surface area (Å²) in [7, 11) is 0. The Hall–Kier alpha value is -0.850. The second-order valence-electron chi connectivity index (χ2n) is 9.14. The molecule has 174 valence electrons. The van der Waals surface area contributed by atoms with Gasteiger partial charge in [-0.15, -0.1) is 0 Å². The monoisotopic (exact) mass is 429 g/mol. The molecule has 3 fully saturated rings. The van der Waals surface area contributed by atoms with Crippen LogP contribution in [0.3, 0.4) is 0 Å². The van der Waals surface area contributed by atoms with Gasteiger partial charge in [-0.3, -0.25) is 4.79 Å². The van der Waals surface area contributed by atoms with E-state index < -0.39 is 36.0 Å². The zero-order chi connectivity index (χ0) is 21.7. The van der Waals surface area contributed by atoms with Crippen molar-refractivity contribution in [1.29, 1.82) is 0 Å². The smallest absolute Gasteiger partial charge is 0.252 e. The van der Waals surface area contributed by atoms with E-state index in [4.69, 9.17) is 26.7 Å². The molecule has 0 bridgehead atoms. The van der Waals surface area contributed by atoms with Gasteiger partial charge in [0, 0.05) is 37.5 Å². The molecule has 10 heteroatoms. The van der Waals surface area contributed by atoms with Gasteiger partial charge in [-0.25, -0.2) is 0 Å². The molecular weight excluding hydrogens is 390 g/mol. The lowest BCUT2D eigenvalue weighted by Gasteiger charge is -2.43. The van der Waals surface area contributed by atoms with Gasteiger partial charge in [-0.2, -0.15) is 0 Å². The zero-order valence-electron chi connectivity index (χ0n) is 17.7. The first kappa shape index (κ1) is 23.8. The standard InChI is InChI=1S/C20H39N5O5/c21-5-2-6-24-11-14-3-1-4-17(29-14)30-18-15(23)7-13(8-16(18)26)25-19(27)20(28)9-12(22)10-20/h12-18,24,26,28H,1-11,21-23H2,(H,25,27)/t12?,13?,14?,15?,16?,17-,18-,20?/m1/s1. The van der Waals surface area contributed by atoms with E-state index in [1.165, 1.54) is 0 Å². The third kappa shape index (κ3) is 6.10. The van der Waals surface area contributed by atoms with E-state index in [0.717, 1.165) is 38.8 Å². The van der Waals surface area contributed by atoms with Crippen molar-refractivity contribution >= 4 is 5.91 Å². The van der Waals surface area contributed by atoms with E-state index in [-0.39, 0.29) is 31.0 Å². The predicted molar refractivity (Wildman–Crippen MR) is 111 cm³/mol. The molecule has 0 spiro atoms. The molecule has 30 heavy (non-hydrogen) atoms. The molecule has 1 heterocycles. The molecule has 0 radical (unpaired) electrons. The highest BCUT2D eigenvalue weighted by Crippen LogP contribution is 2.32. The van der Waals surface area contributed by atoms with Gasteiger partial charge >= 0.3 is 0 Å². The number of hydrogen-bond donors (Lipinski definition) is 7. The van der Waals surface area contributed by atoms with Crippen LogP contribution in [0.25, 0.3) is 0 Å². The normalized spacial score (nSPS) is 41.8. The van der Waals surface area contributed by atoms with Gasteiger partial charge in [0.15, 0.2) is 6.29 Å². The highest BCUT2D eigenvalue weighted by molar-refractivity contribution is 5.86. The van der Waals surface area contributed by atoms with E-state index in [1.807, 2.05) is 0 Å². The molecular formula is C20H39N5O5. The van der Waals surface area contributed by atoms with Gasteiger partial charge in [0.1, 0.15) is 11.7 Å². The summed E-state index contributed by atoms with van der Waals surface area (Å²) in [4.78, 5) is 12.3. The molecule has 2 saturated carbocycles. The lowest BCUT2D eigenvalue weighted by molar-refractivity contribution is -0.237. The minimum absolute atomic E-state index is 0.0695. The van der Waals surface area contributed by atoms with E-state index in [2.05, 4.69) is 10.6 Å². The maximum absolute atomic E-state index is 12.3. The number of carbonyl (C=O) groups excluding carboxylic acids is 1. The molecule has 2 aliphatic carbocycles. The fourth-order valence-electron chi connectivity index (χ4n) is 4.67. The van der Waals surface area contributed by atoms with Crippen LogP contribution in [0.15, 0.2) is 0 Å². The number of aliphatic hydroxyl groups excluding tert-OH is 1. The van der Waals surface area contributed by atoms with Crippen LogP contribution in [-0.2, 0) is 14.3 Å². The van der Waals surface area contributed by atoms with Crippen LogP contribution in [0, 0.1) is 0 Å². The second kappa shape index (κ2) is 10.6. The first-order chi connectivity index (χ1) is 14.3. The third-order valence-corrected chi connectivity index (χ3v) is 6.39. The van der Waals surface area contributed by atoms with Gasteiger partial charge in [-0.1, -0.05) is 0 Å². The molecule has 0 aromatic heterocycles. The number of hydrogen-bond acceptors (Lipinski definition) is 9. The fourth-order valence-corrected chi connectivity index (χ4v) is 4.67. The average Bonchev–Trinajstić information content (AvgIpc) is 2.67. The number of amides is 1. The molecule has 10 nitrogen and oxygen atoms in total. The molecule has 1 aliphatic heterocycles. The highest BCUT2D eigenvalue weighted by atomic mass is 16.7. The van der Waals surface area contributed by atoms with Crippen molar-refractivity contribution in [1.82, 2.24) is 10.6 Å². The SMILES string of the molecule is NCCCNCC1CCC[C@@H](O[C@@H]2C(N)CC(NC(=O)C3(O)CC(N)C3)CC2O)O1. The number of ether oxygens (including phenoxy) is 2. The van der Waals surface area contributed by atoms with Crippen molar-refractivity contribution in [3.63, 3.8) is 0 Å². The van der Waals surface area contributed by atoms with Gasteiger partial charge in [0.25, 0.3) is 5.91 Å². The Kier molecular flexibility index (Phi) is 8.45. The minimum atomic E-state index is -1.40. The van der Waals surface area contributed by atoms with Crippen LogP contribution < -0.4 is 27.8 Å². The quantitative estimate of drug-likeness (QED) is 0.205. The summed E-state index contributed by atoms with van der Waals surface area (Å²) in [5, 5.41) is 27.0. The molecule has 0 aromatic rings. The summed E-state index contributed by atoms with van der Waals surface area (Å²) >= 11 is 0. The van der Waals surface area contributed by atoms with Crippen LogP contribution >= 0.6 is 0 Å². The average molecular weight is 430 g/mol. The number of rotatable bonds is 9. The first-order valence-electron chi connectivity index (χ1n) is 11.2. The first-order valence-corrected chi connectivity index (χ1v) is 11.2. The topological polar surface area (TPSA) is 178 Å². The Balaban J connectivity index is 1.43. The second-order valence-corrected chi connectivity index (χ2v) is 9.14. The van der Waals surface area contributed by atoms with Crippen molar-refractivity contribution in [3.05, 3.63) is 0 Å². The number of aliphatic hydroxyl groups is 2. The Bertz CT molecular complexity index is 550. The number of nitrogens with two attached hydrogens (primary N) is 3. The summed E-state index contributed by atoms with van der Waals surface area (Å²) in [5.41, 5.74) is 16.1. The molecule has 6 atom stereocenters. The molecule has 0 aromatic carbocycles. The summed E-state index contributed by atoms with van der Waals surface area (Å²) in [6.07, 6.45) is 3.27. The van der Waals surface area contributed by atoms with Crippen molar-refractivity contribution in [2.45, 2.75) is 99.7 Å². The summed E-state index contributed by atoms with van der Waals surface area (Å²) in [6.45, 7) is 2.28. The Labute approximate surface area is 178 Å². The molecule has 4 unspecified atom stereocenters. The van der Waals surface area contributed by atoms with Crippen LogP contribution in [0.5, 0.6) is 0 Å². The third-order valence-electron chi connectivity index (χ3n) is 6.39. The maximum Gasteiger partial charge on any atom is 0.252 e. The van der Waals surface area contributed by atoms with Gasteiger partial charge in [0.05, 0.1) is 12.2 Å². The number of nitrogens with one attached hydrogen (secondary N) is 2. The molecule has 10 N–H and O–H groups in total. The van der Waals surface area contributed by atoms with Gasteiger partial charge in [0.2, 0.25) is 0 Å². The fraction of sp³-hybridized carbons (Fsp3) is 0.950. The van der Waals surface area contributed by atoms with Gasteiger partial charge in [-0.05, 0) is 51.6 Å². The Morgan fingerprint density at radius 2 is 2.00 bits per heavy atom. The molecule has 1 amide bonds. The number of carbonyl (C=O) groups is 1. The molecule has 3 aliphatic rings. The summed E-state index contributed by atoms with van der Waals surface area (Å²) in [6, 6.07) is -0.896. The molecule has 1 saturated heterocycles. The van der Waals surface area contributed by atoms with Gasteiger partial charge < -0.3 is 47.5 Å². The molecule has 3 rings (SSSR count). The van der Waals surface area contributed by atoms with Crippen molar-refractivity contribution in [3.8, 4) is 0 Å². The predicted octanol–water partition coefficient (Wildman–Crippen LogP) is -1.98. The summed E-state index contributed by atoms with van der Waals surface area (Å²) in [5.74, 6) is -0.437. The van der Waals surface area contributed by atoms with Crippen molar-refractivity contribution in [2.75, 3.05) is 19.6 Å². The van der Waals surface area contributed by atoms with Crippen molar-refractivity contribution < 1.29 is 24.5 Å². The zero-order valence-corrected chi connectivity index (χ0v) is 17.7. The largest absolute Gasteiger partial charge is 0.390 e. The summed E-state index contributed by atoms with van der Waals surface area (Å²) < 4.78 is 12.1. The Morgan fingerprint density at radius 3 is 2.67 bits per heavy atom. The maximum atomic E-state index is 12.3. The van der Waals surface area contributed by atoms with E-state index in [0.29, 0.717) is 19.4 Å². The lowest BCUT2D eigenvalue weighted by Crippen LogP contribution is -2.63. The van der Waals surface area contributed by atoms with Crippen LogP contribution in [0.4, 0.5) is 0 Å². The van der Waals surface area contributed by atoms with Crippen LogP contribution in [-0.4, -0.2) is 84.1 Å². The Morgan fingerprint density at radius 1 is 1.23 bits per heavy atom.